The van der Waals surface area contributed by atoms with E-state index in [9.17, 15) is 0 Å². The van der Waals surface area contributed by atoms with Crippen molar-refractivity contribution in [2.45, 2.75) is 18.5 Å². The summed E-state index contributed by atoms with van der Waals surface area (Å²) in [5.74, 6) is 0.399. The molecule has 1 aromatic carbocycles. The molecule has 0 aliphatic carbocycles. The number of fused-ring (bicyclic) bond motifs is 2. The summed E-state index contributed by atoms with van der Waals surface area (Å²) in [5, 5.41) is 3.59. The molecule has 3 unspecified atom stereocenters. The topological polar surface area (TPSA) is 47.3 Å². The summed E-state index contributed by atoms with van der Waals surface area (Å²) in [5.41, 5.74) is 8.69. The maximum absolute atomic E-state index is 6.33. The minimum absolute atomic E-state index is 0.0825. The first kappa shape index (κ1) is 10.6. The molecule has 0 spiro atoms. The largest absolute Gasteiger partial charge is 0.381 e. The van der Waals surface area contributed by atoms with Gasteiger partial charge in [-0.3, -0.25) is 0 Å². The molecule has 3 rings (SSSR count). The van der Waals surface area contributed by atoms with Crippen LogP contribution in [0.2, 0.25) is 0 Å². The van der Waals surface area contributed by atoms with E-state index in [1.165, 1.54) is 5.56 Å². The summed E-state index contributed by atoms with van der Waals surface area (Å²) < 4.78 is 6.63. The lowest BCUT2D eigenvalue weighted by Gasteiger charge is -2.42. The van der Waals surface area contributed by atoms with Crippen LogP contribution in [0.1, 0.15) is 18.0 Å². The fourth-order valence-corrected chi connectivity index (χ4v) is 3.18. The molecular weight excluding hydrogens is 268 g/mol. The van der Waals surface area contributed by atoms with Crippen molar-refractivity contribution >= 4 is 21.6 Å². The van der Waals surface area contributed by atoms with Gasteiger partial charge in [0.2, 0.25) is 0 Å². The number of nitrogens with one attached hydrogen (secondary N) is 1. The molecule has 0 amide bonds. The molecule has 0 radical (unpaired) electrons. The molecule has 2 aliphatic rings. The normalized spacial score (nSPS) is 32.5. The van der Waals surface area contributed by atoms with Crippen molar-refractivity contribution in [3.05, 3.63) is 28.2 Å². The van der Waals surface area contributed by atoms with E-state index in [4.69, 9.17) is 10.5 Å². The predicted octanol–water partition coefficient (Wildman–Crippen LogP) is 2.28. The Kier molecular flexibility index (Phi) is 2.65. The van der Waals surface area contributed by atoms with Crippen LogP contribution in [-0.4, -0.2) is 19.3 Å². The molecule has 0 aromatic heterocycles. The molecule has 2 aliphatic heterocycles. The highest BCUT2D eigenvalue weighted by Crippen LogP contribution is 2.41. The van der Waals surface area contributed by atoms with E-state index in [1.807, 2.05) is 6.07 Å². The van der Waals surface area contributed by atoms with Crippen molar-refractivity contribution in [1.82, 2.24) is 0 Å². The van der Waals surface area contributed by atoms with Gasteiger partial charge in [0.25, 0.3) is 0 Å². The van der Waals surface area contributed by atoms with Gasteiger partial charge in [0.1, 0.15) is 0 Å². The van der Waals surface area contributed by atoms with Gasteiger partial charge in [0, 0.05) is 29.1 Å². The van der Waals surface area contributed by atoms with E-state index >= 15 is 0 Å². The van der Waals surface area contributed by atoms with Crippen LogP contribution >= 0.6 is 15.9 Å². The first-order valence-corrected chi connectivity index (χ1v) is 6.45. The molecule has 3 atom stereocenters. The zero-order chi connectivity index (χ0) is 11.1. The van der Waals surface area contributed by atoms with Crippen molar-refractivity contribution < 1.29 is 4.74 Å². The minimum atomic E-state index is 0.0825. The average Bonchev–Trinajstić information content (AvgIpc) is 2.31. The molecule has 1 saturated heterocycles. The van der Waals surface area contributed by atoms with E-state index in [0.717, 1.165) is 29.8 Å². The molecule has 16 heavy (non-hydrogen) atoms. The van der Waals surface area contributed by atoms with E-state index in [-0.39, 0.29) is 6.04 Å². The van der Waals surface area contributed by atoms with Gasteiger partial charge in [-0.25, -0.2) is 0 Å². The lowest BCUT2D eigenvalue weighted by molar-refractivity contribution is 0.0341. The summed E-state index contributed by atoms with van der Waals surface area (Å²) in [6.45, 7) is 1.60. The Morgan fingerprint density at radius 3 is 3.19 bits per heavy atom. The summed E-state index contributed by atoms with van der Waals surface area (Å²) >= 11 is 3.58. The van der Waals surface area contributed by atoms with Gasteiger partial charge in [0.05, 0.1) is 12.3 Å². The minimum Gasteiger partial charge on any atom is -0.381 e. The van der Waals surface area contributed by atoms with Crippen LogP contribution in [0.25, 0.3) is 0 Å². The standard InChI is InChI=1S/C12H15BrN2O/c13-9-3-1-2-7-11(14)8-6-16-5-4-10(8)15-12(7)9/h1-3,8,10-11,15H,4-6,14H2. The molecule has 0 saturated carbocycles. The Morgan fingerprint density at radius 2 is 2.31 bits per heavy atom. The van der Waals surface area contributed by atoms with Crippen LogP contribution < -0.4 is 11.1 Å². The summed E-state index contributed by atoms with van der Waals surface area (Å²) in [6, 6.07) is 6.73. The SMILES string of the molecule is NC1c2cccc(Br)c2NC2CCOCC21. The van der Waals surface area contributed by atoms with Crippen molar-refractivity contribution in [3.8, 4) is 0 Å². The maximum Gasteiger partial charge on any atom is 0.0535 e. The third-order valence-electron chi connectivity index (χ3n) is 3.60. The molecule has 1 aromatic rings. The second kappa shape index (κ2) is 4.02. The van der Waals surface area contributed by atoms with Gasteiger partial charge in [-0.15, -0.1) is 0 Å². The van der Waals surface area contributed by atoms with Crippen LogP contribution in [0.15, 0.2) is 22.7 Å². The fraction of sp³-hybridized carbons (Fsp3) is 0.500. The molecule has 86 valence electrons. The average molecular weight is 283 g/mol. The number of ether oxygens (including phenoxy) is 1. The van der Waals surface area contributed by atoms with Gasteiger partial charge in [0.15, 0.2) is 0 Å². The molecule has 0 bridgehead atoms. The highest BCUT2D eigenvalue weighted by atomic mass is 79.9. The first-order chi connectivity index (χ1) is 7.77. The lowest BCUT2D eigenvalue weighted by atomic mass is 9.81. The number of para-hydroxylation sites is 1. The highest BCUT2D eigenvalue weighted by molar-refractivity contribution is 9.10. The molecule has 3 N–H and O–H groups in total. The molecule has 1 fully saturated rings. The Morgan fingerprint density at radius 1 is 1.44 bits per heavy atom. The summed E-state index contributed by atoms with van der Waals surface area (Å²) in [6.07, 6.45) is 1.04. The maximum atomic E-state index is 6.33. The number of nitrogens with two attached hydrogens (primary N) is 1. The van der Waals surface area contributed by atoms with Crippen molar-refractivity contribution in [3.63, 3.8) is 0 Å². The predicted molar refractivity (Wildman–Crippen MR) is 67.4 cm³/mol. The number of benzene rings is 1. The number of hydrogen-bond acceptors (Lipinski definition) is 3. The molecule has 2 heterocycles. The van der Waals surface area contributed by atoms with Crippen molar-refractivity contribution in [2.75, 3.05) is 18.5 Å². The third-order valence-corrected chi connectivity index (χ3v) is 4.26. The molecule has 3 nitrogen and oxygen atoms in total. The lowest BCUT2D eigenvalue weighted by Crippen LogP contribution is -2.47. The second-order valence-electron chi connectivity index (χ2n) is 4.51. The first-order valence-electron chi connectivity index (χ1n) is 5.65. The monoisotopic (exact) mass is 282 g/mol. The number of hydrogen-bond donors (Lipinski definition) is 2. The van der Waals surface area contributed by atoms with Gasteiger partial charge in [-0.1, -0.05) is 12.1 Å². The Bertz CT molecular complexity index is 410. The van der Waals surface area contributed by atoms with Gasteiger partial charge in [-0.2, -0.15) is 0 Å². The summed E-state index contributed by atoms with van der Waals surface area (Å²) in [4.78, 5) is 0. The van der Waals surface area contributed by atoms with Crippen LogP contribution in [0.4, 0.5) is 5.69 Å². The van der Waals surface area contributed by atoms with E-state index in [0.29, 0.717) is 12.0 Å². The molecular formula is C12H15BrN2O. The number of halogens is 1. The molecule has 4 heteroatoms. The quantitative estimate of drug-likeness (QED) is 0.768. The summed E-state index contributed by atoms with van der Waals surface area (Å²) in [7, 11) is 0. The van der Waals surface area contributed by atoms with Gasteiger partial charge >= 0.3 is 0 Å². The van der Waals surface area contributed by atoms with Crippen LogP contribution in [0.3, 0.4) is 0 Å². The Hall–Kier alpha value is -0.580. The zero-order valence-corrected chi connectivity index (χ0v) is 10.5. The number of anilines is 1. The van der Waals surface area contributed by atoms with Crippen LogP contribution in [0.5, 0.6) is 0 Å². The van der Waals surface area contributed by atoms with Crippen molar-refractivity contribution in [2.24, 2.45) is 11.7 Å². The van der Waals surface area contributed by atoms with Crippen LogP contribution in [-0.2, 0) is 4.74 Å². The Labute approximate surface area is 103 Å². The highest BCUT2D eigenvalue weighted by Gasteiger charge is 2.37. The van der Waals surface area contributed by atoms with Gasteiger partial charge < -0.3 is 15.8 Å². The van der Waals surface area contributed by atoms with Crippen molar-refractivity contribution in [1.29, 1.82) is 0 Å². The second-order valence-corrected chi connectivity index (χ2v) is 5.36. The van der Waals surface area contributed by atoms with E-state index < -0.39 is 0 Å². The zero-order valence-electron chi connectivity index (χ0n) is 8.95. The van der Waals surface area contributed by atoms with Gasteiger partial charge in [-0.05, 0) is 34.0 Å². The fourth-order valence-electron chi connectivity index (χ4n) is 2.68. The van der Waals surface area contributed by atoms with E-state index in [1.54, 1.807) is 0 Å². The van der Waals surface area contributed by atoms with Crippen LogP contribution in [0, 0.1) is 5.92 Å². The van der Waals surface area contributed by atoms with E-state index in [2.05, 4.69) is 33.4 Å². The number of rotatable bonds is 0. The third kappa shape index (κ3) is 1.56. The Balaban J connectivity index is 2.03. The smallest absolute Gasteiger partial charge is 0.0535 e.